The first-order valence-electron chi connectivity index (χ1n) is 12.6. The zero-order chi connectivity index (χ0) is 31.2. The molecule has 0 aliphatic carbocycles. The second kappa shape index (κ2) is 13.1. The first-order chi connectivity index (χ1) is 20.4. The molecule has 4 aromatic carbocycles. The number of carbonyl (C=O) groups excluding carboxylic acids is 2. The van der Waals surface area contributed by atoms with Crippen LogP contribution in [0, 0.1) is 0 Å². The molecule has 0 unspecified atom stereocenters. The fourth-order valence-electron chi connectivity index (χ4n) is 3.86. The predicted octanol–water partition coefficient (Wildman–Crippen LogP) is 6.35. The number of hydrazone groups is 1. The Morgan fingerprint density at radius 3 is 2.07 bits per heavy atom. The summed E-state index contributed by atoms with van der Waals surface area (Å²) >= 11 is 6.15. The van der Waals surface area contributed by atoms with Gasteiger partial charge in [0, 0.05) is 11.3 Å². The smallest absolute Gasteiger partial charge is 0.322 e. The summed E-state index contributed by atoms with van der Waals surface area (Å²) in [6.45, 7) is 0.666. The standard InChI is InChI=1S/C30H24ClF3N4O4S/c1-20(21-12-15-24(16-13-21)35-29(40)22-8-4-2-5-9-22)36-37-28(39)19-38(43(41,42)25-10-6-3-7-11-25)27-18-23(30(32,33)34)14-17-26(27)31/h2-18H,19H2,1H3,(H,35,40)(H,37,39)/b36-20+. The van der Waals surface area contributed by atoms with Crippen molar-refractivity contribution in [2.75, 3.05) is 16.2 Å². The van der Waals surface area contributed by atoms with E-state index >= 15 is 0 Å². The van der Waals surface area contributed by atoms with Crippen molar-refractivity contribution in [1.82, 2.24) is 5.43 Å². The van der Waals surface area contributed by atoms with Gasteiger partial charge in [-0.3, -0.25) is 13.9 Å². The van der Waals surface area contributed by atoms with E-state index in [-0.39, 0.29) is 15.8 Å². The monoisotopic (exact) mass is 628 g/mol. The van der Waals surface area contributed by atoms with Crippen LogP contribution in [0.5, 0.6) is 0 Å². The predicted molar refractivity (Wildman–Crippen MR) is 159 cm³/mol. The molecule has 0 atom stereocenters. The first-order valence-corrected chi connectivity index (χ1v) is 14.4. The third-order valence-corrected chi connectivity index (χ3v) is 8.20. The molecule has 0 saturated heterocycles. The molecule has 2 amide bonds. The quantitative estimate of drug-likeness (QED) is 0.166. The number of amides is 2. The second-order valence-corrected chi connectivity index (χ2v) is 11.4. The van der Waals surface area contributed by atoms with Gasteiger partial charge in [0.1, 0.15) is 6.54 Å². The lowest BCUT2D eigenvalue weighted by atomic mass is 10.1. The van der Waals surface area contributed by atoms with Gasteiger partial charge in [-0.2, -0.15) is 18.3 Å². The molecule has 0 aromatic heterocycles. The molecule has 222 valence electrons. The molecule has 43 heavy (non-hydrogen) atoms. The number of alkyl halides is 3. The Morgan fingerprint density at radius 2 is 1.47 bits per heavy atom. The molecule has 0 bridgehead atoms. The molecule has 0 aliphatic heterocycles. The maximum absolute atomic E-state index is 13.5. The average Bonchev–Trinajstić information content (AvgIpc) is 2.99. The minimum absolute atomic E-state index is 0.254. The fourth-order valence-corrected chi connectivity index (χ4v) is 5.59. The van der Waals surface area contributed by atoms with E-state index in [1.807, 2.05) is 0 Å². The van der Waals surface area contributed by atoms with Crippen LogP contribution in [0.3, 0.4) is 0 Å². The number of halogens is 4. The molecule has 0 aliphatic rings. The van der Waals surface area contributed by atoms with E-state index in [1.54, 1.807) is 67.6 Å². The normalized spacial score (nSPS) is 12.0. The number of hydrogen-bond acceptors (Lipinski definition) is 5. The number of rotatable bonds is 9. The molecule has 8 nitrogen and oxygen atoms in total. The lowest BCUT2D eigenvalue weighted by Gasteiger charge is -2.25. The summed E-state index contributed by atoms with van der Waals surface area (Å²) in [5, 5.41) is 6.47. The van der Waals surface area contributed by atoms with Crippen LogP contribution >= 0.6 is 11.6 Å². The van der Waals surface area contributed by atoms with Crippen molar-refractivity contribution in [2.24, 2.45) is 5.10 Å². The number of hydrogen-bond donors (Lipinski definition) is 2. The summed E-state index contributed by atoms with van der Waals surface area (Å²) in [5.41, 5.74) is 2.50. The van der Waals surface area contributed by atoms with E-state index in [0.717, 1.165) is 6.07 Å². The Morgan fingerprint density at radius 1 is 0.860 bits per heavy atom. The average molecular weight is 629 g/mol. The fraction of sp³-hybridized carbons (Fsp3) is 0.100. The van der Waals surface area contributed by atoms with Gasteiger partial charge < -0.3 is 5.32 Å². The van der Waals surface area contributed by atoms with Gasteiger partial charge in [0.15, 0.2) is 0 Å². The highest BCUT2D eigenvalue weighted by atomic mass is 35.5. The summed E-state index contributed by atoms with van der Waals surface area (Å²) in [7, 11) is -4.52. The van der Waals surface area contributed by atoms with Crippen molar-refractivity contribution in [3.63, 3.8) is 0 Å². The van der Waals surface area contributed by atoms with Crippen LogP contribution in [0.4, 0.5) is 24.5 Å². The molecule has 4 aromatic rings. The largest absolute Gasteiger partial charge is 0.416 e. The summed E-state index contributed by atoms with van der Waals surface area (Å²) in [6, 6.07) is 24.4. The van der Waals surface area contributed by atoms with Gasteiger partial charge in [-0.1, -0.05) is 60.1 Å². The van der Waals surface area contributed by atoms with Gasteiger partial charge in [-0.05, 0) is 67.1 Å². The van der Waals surface area contributed by atoms with Gasteiger partial charge >= 0.3 is 6.18 Å². The topological polar surface area (TPSA) is 108 Å². The maximum Gasteiger partial charge on any atom is 0.416 e. The molecule has 0 saturated carbocycles. The Labute approximate surface area is 250 Å². The van der Waals surface area contributed by atoms with Crippen LogP contribution in [0.15, 0.2) is 113 Å². The van der Waals surface area contributed by atoms with Crippen LogP contribution in [0.25, 0.3) is 0 Å². The van der Waals surface area contributed by atoms with E-state index in [1.165, 1.54) is 24.3 Å². The Hall–Kier alpha value is -4.68. The van der Waals surface area contributed by atoms with Crippen molar-refractivity contribution < 1.29 is 31.2 Å². The van der Waals surface area contributed by atoms with Crippen molar-refractivity contribution in [2.45, 2.75) is 18.0 Å². The number of benzene rings is 4. The van der Waals surface area contributed by atoms with E-state index in [9.17, 15) is 31.2 Å². The van der Waals surface area contributed by atoms with E-state index in [4.69, 9.17) is 11.6 Å². The van der Waals surface area contributed by atoms with Gasteiger partial charge in [-0.25, -0.2) is 13.8 Å². The first kappa shape index (κ1) is 31.3. The zero-order valence-corrected chi connectivity index (χ0v) is 24.0. The van der Waals surface area contributed by atoms with Gasteiger partial charge in [-0.15, -0.1) is 0 Å². The summed E-state index contributed by atoms with van der Waals surface area (Å²) in [5.74, 6) is -1.22. The van der Waals surface area contributed by atoms with E-state index < -0.39 is 39.9 Å². The van der Waals surface area contributed by atoms with Crippen molar-refractivity contribution in [1.29, 1.82) is 0 Å². The molecule has 0 radical (unpaired) electrons. The van der Waals surface area contributed by atoms with Crippen LogP contribution < -0.4 is 15.0 Å². The van der Waals surface area contributed by atoms with Crippen LogP contribution in [0.2, 0.25) is 5.02 Å². The minimum atomic E-state index is -4.79. The lowest BCUT2D eigenvalue weighted by molar-refractivity contribution is -0.137. The zero-order valence-electron chi connectivity index (χ0n) is 22.5. The molecular weight excluding hydrogens is 605 g/mol. The number of sulfonamides is 1. The van der Waals surface area contributed by atoms with Gasteiger partial charge in [0.2, 0.25) is 0 Å². The molecule has 13 heteroatoms. The maximum atomic E-state index is 13.5. The highest BCUT2D eigenvalue weighted by Gasteiger charge is 2.34. The summed E-state index contributed by atoms with van der Waals surface area (Å²) in [4.78, 5) is 25.0. The molecule has 0 heterocycles. The minimum Gasteiger partial charge on any atom is -0.322 e. The highest BCUT2D eigenvalue weighted by molar-refractivity contribution is 7.92. The molecule has 4 rings (SSSR count). The third-order valence-electron chi connectivity index (χ3n) is 6.11. The molecular formula is C30H24ClF3N4O4S. The Bertz CT molecular complexity index is 1750. The van der Waals surface area contributed by atoms with Gasteiger partial charge in [0.05, 0.1) is 26.9 Å². The van der Waals surface area contributed by atoms with E-state index in [2.05, 4.69) is 15.8 Å². The summed E-state index contributed by atoms with van der Waals surface area (Å²) < 4.78 is 67.8. The number of carbonyl (C=O) groups is 2. The van der Waals surface area contributed by atoms with Crippen LogP contribution in [-0.4, -0.2) is 32.5 Å². The SMILES string of the molecule is C/C(=N\NC(=O)CN(c1cc(C(F)(F)F)ccc1Cl)S(=O)(=O)c1ccccc1)c1ccc(NC(=O)c2ccccc2)cc1. The lowest BCUT2D eigenvalue weighted by Crippen LogP contribution is -2.40. The van der Waals surface area contributed by atoms with E-state index in [0.29, 0.717) is 39.0 Å². The number of nitrogens with one attached hydrogen (secondary N) is 2. The highest BCUT2D eigenvalue weighted by Crippen LogP contribution is 2.37. The van der Waals surface area contributed by atoms with Crippen molar-refractivity contribution in [3.05, 3.63) is 125 Å². The van der Waals surface area contributed by atoms with Crippen molar-refractivity contribution in [3.8, 4) is 0 Å². The Kier molecular flexibility index (Phi) is 9.52. The molecule has 0 fully saturated rings. The van der Waals surface area contributed by atoms with Crippen LogP contribution in [-0.2, 0) is 21.0 Å². The third kappa shape index (κ3) is 7.79. The van der Waals surface area contributed by atoms with Gasteiger partial charge in [0.25, 0.3) is 21.8 Å². The molecule has 2 N–H and O–H groups in total. The van der Waals surface area contributed by atoms with Crippen LogP contribution in [0.1, 0.15) is 28.4 Å². The number of nitrogens with zero attached hydrogens (tertiary/aromatic N) is 2. The number of anilines is 2. The summed E-state index contributed by atoms with van der Waals surface area (Å²) in [6.07, 6.45) is -4.79. The molecule has 0 spiro atoms. The second-order valence-electron chi connectivity index (χ2n) is 9.12. The van der Waals surface area contributed by atoms with Crippen molar-refractivity contribution >= 4 is 50.5 Å². The Balaban J connectivity index is 1.53.